The van der Waals surface area contributed by atoms with Crippen molar-refractivity contribution in [3.8, 4) is 0 Å². The molecule has 3 aromatic heterocycles. The summed E-state index contributed by atoms with van der Waals surface area (Å²) in [4.78, 5) is 45.2. The maximum Gasteiger partial charge on any atom is 0.442 e. The topological polar surface area (TPSA) is 123 Å². The molecule has 0 aliphatic carbocycles. The summed E-state index contributed by atoms with van der Waals surface area (Å²) < 4.78 is 5.86. The van der Waals surface area contributed by atoms with Crippen LogP contribution in [0.2, 0.25) is 0 Å². The third kappa shape index (κ3) is 3.45. The maximum atomic E-state index is 12.9. The molecule has 9 nitrogen and oxygen atoms in total. The number of aryl methyl sites for hydroxylation is 4. The maximum absolute atomic E-state index is 12.9. The Bertz CT molecular complexity index is 1410. The molecule has 4 rings (SSSR count). The number of aromatic amines is 1. The van der Waals surface area contributed by atoms with Gasteiger partial charge in [-0.3, -0.25) is 18.7 Å². The Hall–Kier alpha value is -3.53. The van der Waals surface area contributed by atoms with E-state index in [9.17, 15) is 14.4 Å². The molecule has 0 spiro atoms. The van der Waals surface area contributed by atoms with Crippen LogP contribution in [0.1, 0.15) is 38.0 Å². The number of anilines is 1. The number of benzene rings is 1. The van der Waals surface area contributed by atoms with E-state index < -0.39 is 5.76 Å². The lowest BCUT2D eigenvalue weighted by atomic mass is 10.1. The van der Waals surface area contributed by atoms with Crippen molar-refractivity contribution in [2.24, 2.45) is 0 Å². The van der Waals surface area contributed by atoms with Gasteiger partial charge in [0.05, 0.1) is 16.8 Å². The van der Waals surface area contributed by atoms with Crippen LogP contribution in [-0.4, -0.2) is 25.6 Å². The second-order valence-corrected chi connectivity index (χ2v) is 8.10. The highest BCUT2D eigenvalue weighted by atomic mass is 32.1. The summed E-state index contributed by atoms with van der Waals surface area (Å²) in [5.41, 5.74) is 2.98. The molecule has 0 saturated heterocycles. The van der Waals surface area contributed by atoms with Crippen molar-refractivity contribution in [2.75, 3.05) is 5.32 Å². The Morgan fingerprint density at radius 1 is 1.23 bits per heavy atom. The molecule has 0 saturated carbocycles. The van der Waals surface area contributed by atoms with Crippen LogP contribution in [0.25, 0.3) is 10.2 Å². The molecule has 0 atom stereocenters. The van der Waals surface area contributed by atoms with Gasteiger partial charge in [0.15, 0.2) is 5.82 Å². The third-order valence-electron chi connectivity index (χ3n) is 4.86. The summed E-state index contributed by atoms with van der Waals surface area (Å²) >= 11 is 1.14. The highest BCUT2D eigenvalue weighted by Gasteiger charge is 2.20. The van der Waals surface area contributed by atoms with Crippen molar-refractivity contribution in [2.45, 2.75) is 34.2 Å². The minimum absolute atomic E-state index is 0.0143. The predicted molar refractivity (Wildman–Crippen MR) is 113 cm³/mol. The van der Waals surface area contributed by atoms with Gasteiger partial charge in [-0.25, -0.2) is 9.78 Å². The molecular weight excluding hydrogens is 406 g/mol. The zero-order valence-electron chi connectivity index (χ0n) is 16.8. The number of H-pyrrole nitrogens is 1. The van der Waals surface area contributed by atoms with Gasteiger partial charge in [0.25, 0.3) is 11.5 Å². The highest BCUT2D eigenvalue weighted by molar-refractivity contribution is 7.20. The Kier molecular flexibility index (Phi) is 4.86. The first kappa shape index (κ1) is 19.8. The first-order chi connectivity index (χ1) is 14.2. The van der Waals surface area contributed by atoms with Gasteiger partial charge < -0.3 is 10.3 Å². The number of nitrogens with one attached hydrogen (secondary N) is 2. The van der Waals surface area contributed by atoms with Gasteiger partial charge in [0, 0.05) is 5.69 Å². The average molecular weight is 425 g/mol. The van der Waals surface area contributed by atoms with Crippen LogP contribution in [0.3, 0.4) is 0 Å². The van der Waals surface area contributed by atoms with Crippen molar-refractivity contribution in [3.63, 3.8) is 0 Å². The molecule has 10 heteroatoms. The van der Waals surface area contributed by atoms with Crippen molar-refractivity contribution < 1.29 is 9.32 Å². The summed E-state index contributed by atoms with van der Waals surface area (Å²) in [5, 5.41) is 6.87. The van der Waals surface area contributed by atoms with Gasteiger partial charge >= 0.3 is 5.76 Å². The van der Waals surface area contributed by atoms with E-state index in [1.807, 2.05) is 32.0 Å². The van der Waals surface area contributed by atoms with E-state index in [4.69, 9.17) is 0 Å². The second kappa shape index (κ2) is 7.38. The van der Waals surface area contributed by atoms with Crippen molar-refractivity contribution >= 4 is 33.1 Å². The number of hydrogen-bond donors (Lipinski definition) is 2. The molecule has 0 aliphatic rings. The smallest absolute Gasteiger partial charge is 0.321 e. The van der Waals surface area contributed by atoms with E-state index in [2.05, 4.69) is 25.0 Å². The van der Waals surface area contributed by atoms with Gasteiger partial charge in [0.1, 0.15) is 10.7 Å². The molecule has 0 unspecified atom stereocenters. The summed E-state index contributed by atoms with van der Waals surface area (Å²) in [6, 6.07) is 5.77. The summed E-state index contributed by atoms with van der Waals surface area (Å²) in [5.74, 6) is -0.275. The minimum atomic E-state index is -0.633. The van der Waals surface area contributed by atoms with Crippen LogP contribution in [0.4, 0.5) is 5.69 Å². The van der Waals surface area contributed by atoms with E-state index in [0.29, 0.717) is 32.2 Å². The molecule has 2 N–H and O–H groups in total. The molecule has 30 heavy (non-hydrogen) atoms. The number of rotatable bonds is 4. The van der Waals surface area contributed by atoms with Crippen LogP contribution in [-0.2, 0) is 6.54 Å². The Morgan fingerprint density at radius 2 is 2.00 bits per heavy atom. The van der Waals surface area contributed by atoms with Crippen LogP contribution >= 0.6 is 11.3 Å². The number of thiophene rings is 1. The lowest BCUT2D eigenvalue weighted by Gasteiger charge is -2.08. The van der Waals surface area contributed by atoms with Crippen LogP contribution in [0.5, 0.6) is 0 Å². The number of nitrogens with zero attached hydrogens (tertiary/aromatic N) is 3. The Labute approximate surface area is 174 Å². The number of aromatic nitrogens is 4. The number of hydrogen-bond acceptors (Lipinski definition) is 7. The van der Waals surface area contributed by atoms with Crippen molar-refractivity contribution in [1.29, 1.82) is 0 Å². The molecule has 4 aromatic rings. The van der Waals surface area contributed by atoms with E-state index in [1.54, 1.807) is 13.8 Å². The van der Waals surface area contributed by atoms with E-state index in [0.717, 1.165) is 22.5 Å². The number of carbonyl (C=O) groups excluding carboxylic acids is 1. The molecule has 0 aliphatic heterocycles. The molecule has 0 radical (unpaired) electrons. The normalized spacial score (nSPS) is 11.2. The lowest BCUT2D eigenvalue weighted by molar-refractivity contribution is 0.103. The molecular formula is C20H19N5O4S. The fourth-order valence-corrected chi connectivity index (χ4v) is 4.37. The largest absolute Gasteiger partial charge is 0.442 e. The second-order valence-electron chi connectivity index (χ2n) is 7.10. The van der Waals surface area contributed by atoms with Crippen LogP contribution < -0.4 is 16.6 Å². The van der Waals surface area contributed by atoms with Crippen molar-refractivity contribution in [3.05, 3.63) is 72.3 Å². The van der Waals surface area contributed by atoms with Gasteiger partial charge in [-0.15, -0.1) is 11.3 Å². The van der Waals surface area contributed by atoms with Gasteiger partial charge in [-0.2, -0.15) is 0 Å². The first-order valence-electron chi connectivity index (χ1n) is 9.18. The summed E-state index contributed by atoms with van der Waals surface area (Å²) in [6.07, 6.45) is 0. The first-order valence-corrected chi connectivity index (χ1v) is 10.00. The van der Waals surface area contributed by atoms with E-state index in [1.165, 1.54) is 4.57 Å². The van der Waals surface area contributed by atoms with Crippen molar-refractivity contribution in [1.82, 2.24) is 19.7 Å². The lowest BCUT2D eigenvalue weighted by Crippen LogP contribution is -2.20. The average Bonchev–Trinajstić information content (AvgIpc) is 3.18. The zero-order chi connectivity index (χ0) is 21.6. The quantitative estimate of drug-likeness (QED) is 0.518. The Balaban J connectivity index is 1.71. The number of fused-ring (bicyclic) bond motifs is 1. The number of amides is 1. The number of carbonyl (C=O) groups is 1. The monoisotopic (exact) mass is 425 g/mol. The predicted octanol–water partition coefficient (Wildman–Crippen LogP) is 2.67. The van der Waals surface area contributed by atoms with E-state index in [-0.39, 0.29) is 23.8 Å². The molecule has 3 heterocycles. The minimum Gasteiger partial charge on any atom is -0.321 e. The third-order valence-corrected chi connectivity index (χ3v) is 6.05. The molecule has 0 bridgehead atoms. The van der Waals surface area contributed by atoms with Gasteiger partial charge in [-0.05, 0) is 44.9 Å². The van der Waals surface area contributed by atoms with E-state index >= 15 is 0 Å². The van der Waals surface area contributed by atoms with Gasteiger partial charge in [0.2, 0.25) is 0 Å². The molecule has 154 valence electrons. The SMILES string of the molecule is Cc1ccc(NC(=O)c2sc3nc(Cn4c(C)noc4=O)[nH]c(=O)c3c2C)c(C)c1. The summed E-state index contributed by atoms with van der Waals surface area (Å²) in [7, 11) is 0. The fraction of sp³-hybridized carbons (Fsp3) is 0.250. The molecule has 1 aromatic carbocycles. The highest BCUT2D eigenvalue weighted by Crippen LogP contribution is 2.28. The van der Waals surface area contributed by atoms with Crippen LogP contribution in [0.15, 0.2) is 32.3 Å². The zero-order valence-corrected chi connectivity index (χ0v) is 17.6. The van der Waals surface area contributed by atoms with Crippen LogP contribution in [0, 0.1) is 27.7 Å². The Morgan fingerprint density at radius 3 is 2.67 bits per heavy atom. The molecule has 0 fully saturated rings. The molecule has 1 amide bonds. The standard InChI is InChI=1S/C20H19N5O4S/c1-9-5-6-13(10(2)7-9)21-18(27)16-11(3)15-17(26)22-14(23-19(15)30-16)8-25-12(4)24-29-20(25)28/h5-7H,8H2,1-4H3,(H,21,27)(H,22,23,26). The van der Waals surface area contributed by atoms with Gasteiger partial charge in [-0.1, -0.05) is 22.9 Å². The summed E-state index contributed by atoms with van der Waals surface area (Å²) in [6.45, 7) is 7.26. The fourth-order valence-electron chi connectivity index (χ4n) is 3.28.